The molecule has 2 saturated heterocycles. The number of hydrogen-bond acceptors (Lipinski definition) is 8. The zero-order chi connectivity index (χ0) is 37.4. The van der Waals surface area contributed by atoms with Crippen molar-refractivity contribution < 1.29 is 33.8 Å². The predicted molar refractivity (Wildman–Crippen MR) is 200 cm³/mol. The van der Waals surface area contributed by atoms with Crippen LogP contribution >= 0.6 is 11.8 Å². The molecule has 2 aliphatic heterocycles. The number of rotatable bonds is 10. The Morgan fingerprint density at radius 3 is 2.32 bits per heavy atom. The molecule has 1 aromatic heterocycles. The number of carbonyl (C=O) groups is 5. The molecule has 14 heteroatoms. The van der Waals surface area contributed by atoms with Crippen LogP contribution in [-0.2, 0) is 14.3 Å². The Balaban J connectivity index is 1.02. The highest BCUT2D eigenvalue weighted by Crippen LogP contribution is 2.58. The molecule has 13 nitrogen and oxygen atoms in total. The van der Waals surface area contributed by atoms with E-state index >= 15 is 0 Å². The number of amides is 4. The number of alkyl carbamates (subject to hydrolysis) is 1. The molecule has 3 aromatic carbocycles. The van der Waals surface area contributed by atoms with Gasteiger partial charge in [-0.15, -0.1) is 11.8 Å². The van der Waals surface area contributed by atoms with Gasteiger partial charge < -0.3 is 30.4 Å². The SMILES string of the molecule is COC(=O)NC(C(=O)N1CC2(CC2)CC1c1ncc(-c2ccc3cc(-c4ccc(C(=O)CNC(=O)C5SCCN5C(=O)O)cc4)ccc3c2)[nH]1)C(C)C. The minimum Gasteiger partial charge on any atom is -0.465 e. The molecule has 3 fully saturated rings. The van der Waals surface area contributed by atoms with Gasteiger partial charge in [0, 0.05) is 30.0 Å². The normalized spacial score (nSPS) is 19.4. The maximum atomic E-state index is 13.8. The fourth-order valence-electron chi connectivity index (χ4n) is 7.28. The number of fused-ring (bicyclic) bond motifs is 1. The third-order valence-corrected chi connectivity index (χ3v) is 11.7. The molecule has 0 radical (unpaired) electrons. The Morgan fingerprint density at radius 1 is 0.981 bits per heavy atom. The molecule has 1 spiro atoms. The molecule has 53 heavy (non-hydrogen) atoms. The molecule has 3 heterocycles. The number of nitrogens with zero attached hydrogens (tertiary/aromatic N) is 3. The predicted octanol–water partition coefficient (Wildman–Crippen LogP) is 5.68. The highest BCUT2D eigenvalue weighted by atomic mass is 32.2. The Hall–Kier alpha value is -5.37. The third kappa shape index (κ3) is 7.45. The first-order chi connectivity index (χ1) is 25.4. The lowest BCUT2D eigenvalue weighted by Crippen LogP contribution is -2.51. The molecule has 4 amide bonds. The summed E-state index contributed by atoms with van der Waals surface area (Å²) in [5.74, 6) is 0.266. The van der Waals surface area contributed by atoms with E-state index in [1.54, 1.807) is 12.1 Å². The van der Waals surface area contributed by atoms with E-state index in [1.165, 1.54) is 18.9 Å². The summed E-state index contributed by atoms with van der Waals surface area (Å²) in [6, 6.07) is 18.6. The Bertz CT molecular complexity index is 2080. The van der Waals surface area contributed by atoms with E-state index in [4.69, 9.17) is 9.72 Å². The maximum Gasteiger partial charge on any atom is 0.408 e. The third-order valence-electron chi connectivity index (χ3n) is 10.5. The van der Waals surface area contributed by atoms with E-state index in [0.29, 0.717) is 17.9 Å². The highest BCUT2D eigenvalue weighted by Gasteiger charge is 2.55. The fourth-order valence-corrected chi connectivity index (χ4v) is 8.42. The minimum absolute atomic E-state index is 0.107. The van der Waals surface area contributed by atoms with Crippen molar-refractivity contribution >= 4 is 52.3 Å². The first-order valence-electron chi connectivity index (χ1n) is 17.7. The standard InChI is InChI=1S/C39H42N6O7S/c1-22(2)32(43-37(49)52-3)35(48)45-21-39(12-13-39)18-30(45)33-40-19-29(42-33)28-11-10-26-16-25(8-9-27(26)17-28)23-4-6-24(7-5-23)31(46)20-41-34(47)36-44(38(50)51)14-15-53-36/h4-11,16-17,19,22,30,32,36H,12-15,18,20-21H2,1-3H3,(H,40,42)(H,41,47)(H,43,49)(H,50,51). The molecule has 3 unspecified atom stereocenters. The number of nitrogens with one attached hydrogen (secondary N) is 3. The van der Waals surface area contributed by atoms with Crippen molar-refractivity contribution in [3.8, 4) is 22.4 Å². The molecule has 4 aromatic rings. The number of ketones is 1. The summed E-state index contributed by atoms with van der Waals surface area (Å²) in [7, 11) is 1.29. The number of ether oxygens (including phenoxy) is 1. The molecule has 4 N–H and O–H groups in total. The van der Waals surface area contributed by atoms with Crippen LogP contribution < -0.4 is 10.6 Å². The second-order valence-corrected chi connectivity index (χ2v) is 15.6. The summed E-state index contributed by atoms with van der Waals surface area (Å²) in [5, 5.41) is 15.8. The Labute approximate surface area is 310 Å². The van der Waals surface area contributed by atoms with Gasteiger partial charge in [-0.05, 0) is 64.6 Å². The van der Waals surface area contributed by atoms with Gasteiger partial charge in [0.25, 0.3) is 5.91 Å². The van der Waals surface area contributed by atoms with Crippen molar-refractivity contribution in [2.75, 3.05) is 32.5 Å². The van der Waals surface area contributed by atoms with Crippen molar-refractivity contribution in [3.05, 3.63) is 78.2 Å². The van der Waals surface area contributed by atoms with Crippen molar-refractivity contribution in [3.63, 3.8) is 0 Å². The van der Waals surface area contributed by atoms with Crippen LogP contribution in [0, 0.1) is 11.3 Å². The number of thioether (sulfide) groups is 1. The smallest absolute Gasteiger partial charge is 0.408 e. The second kappa shape index (κ2) is 14.6. The molecule has 3 atom stereocenters. The summed E-state index contributed by atoms with van der Waals surface area (Å²) in [5.41, 5.74) is 4.28. The van der Waals surface area contributed by atoms with Gasteiger partial charge in [-0.2, -0.15) is 0 Å². The topological polar surface area (TPSA) is 174 Å². The number of carboxylic acid groups (broad SMARTS) is 1. The van der Waals surface area contributed by atoms with Crippen LogP contribution in [0.1, 0.15) is 55.3 Å². The lowest BCUT2D eigenvalue weighted by Gasteiger charge is -2.30. The van der Waals surface area contributed by atoms with Gasteiger partial charge in [0.05, 0.1) is 31.6 Å². The number of aromatic amines is 1. The molecule has 7 rings (SSSR count). The summed E-state index contributed by atoms with van der Waals surface area (Å²) in [6.45, 7) is 4.52. The van der Waals surface area contributed by atoms with Crippen LogP contribution in [0.25, 0.3) is 33.2 Å². The first kappa shape index (κ1) is 36.0. The molecule has 0 bridgehead atoms. The summed E-state index contributed by atoms with van der Waals surface area (Å²) in [4.78, 5) is 73.8. The number of carbonyl (C=O) groups excluding carboxylic acids is 4. The van der Waals surface area contributed by atoms with Crippen LogP contribution in [0.15, 0.2) is 66.9 Å². The van der Waals surface area contributed by atoms with E-state index in [-0.39, 0.29) is 42.2 Å². The molecule has 1 aliphatic carbocycles. The molecular formula is C39H42N6O7S. The number of hydrogen-bond donors (Lipinski definition) is 4. The fraction of sp³-hybridized carbons (Fsp3) is 0.385. The van der Waals surface area contributed by atoms with E-state index < -0.39 is 29.5 Å². The Kier molecular flexibility index (Phi) is 9.90. The number of benzene rings is 3. The quantitative estimate of drug-likeness (QED) is 0.149. The second-order valence-electron chi connectivity index (χ2n) is 14.4. The van der Waals surface area contributed by atoms with Crippen LogP contribution in [0.5, 0.6) is 0 Å². The maximum absolute atomic E-state index is 13.8. The van der Waals surface area contributed by atoms with E-state index in [1.807, 2.05) is 49.2 Å². The van der Waals surface area contributed by atoms with Gasteiger partial charge in [-0.25, -0.2) is 14.6 Å². The average Bonchev–Trinajstić information content (AvgIpc) is 3.52. The van der Waals surface area contributed by atoms with Crippen molar-refractivity contribution in [2.45, 2.75) is 50.6 Å². The van der Waals surface area contributed by atoms with Crippen LogP contribution in [-0.4, -0.2) is 98.6 Å². The zero-order valence-electron chi connectivity index (χ0n) is 29.8. The van der Waals surface area contributed by atoms with Crippen LogP contribution in [0.4, 0.5) is 9.59 Å². The number of likely N-dealkylation sites (tertiary alicyclic amines) is 1. The van der Waals surface area contributed by atoms with Gasteiger partial charge in [-0.3, -0.25) is 19.3 Å². The molecule has 276 valence electrons. The molecular weight excluding hydrogens is 697 g/mol. The highest BCUT2D eigenvalue weighted by molar-refractivity contribution is 8.00. The van der Waals surface area contributed by atoms with Crippen molar-refractivity contribution in [1.82, 2.24) is 30.4 Å². The lowest BCUT2D eigenvalue weighted by atomic mass is 9.98. The van der Waals surface area contributed by atoms with Gasteiger partial charge in [-0.1, -0.05) is 62.4 Å². The number of H-pyrrole nitrogens is 1. The van der Waals surface area contributed by atoms with Gasteiger partial charge in [0.2, 0.25) is 5.91 Å². The minimum atomic E-state index is -1.15. The van der Waals surface area contributed by atoms with Gasteiger partial charge in [0.1, 0.15) is 11.9 Å². The van der Waals surface area contributed by atoms with Crippen molar-refractivity contribution in [2.24, 2.45) is 11.3 Å². The van der Waals surface area contributed by atoms with Gasteiger partial charge >= 0.3 is 12.2 Å². The van der Waals surface area contributed by atoms with E-state index in [9.17, 15) is 29.1 Å². The van der Waals surface area contributed by atoms with E-state index in [2.05, 4.69) is 39.9 Å². The Morgan fingerprint density at radius 2 is 1.66 bits per heavy atom. The van der Waals surface area contributed by atoms with Crippen LogP contribution in [0.3, 0.4) is 0 Å². The largest absolute Gasteiger partial charge is 0.465 e. The van der Waals surface area contributed by atoms with Crippen molar-refractivity contribution in [1.29, 1.82) is 0 Å². The van der Waals surface area contributed by atoms with Crippen LogP contribution in [0.2, 0.25) is 0 Å². The summed E-state index contributed by atoms with van der Waals surface area (Å²) >= 11 is 1.24. The van der Waals surface area contributed by atoms with E-state index in [0.717, 1.165) is 63.1 Å². The van der Waals surface area contributed by atoms with Gasteiger partial charge in [0.15, 0.2) is 11.2 Å². The lowest BCUT2D eigenvalue weighted by molar-refractivity contribution is -0.135. The number of methoxy groups -OCH3 is 1. The number of Topliss-reactive ketones (excluding diaryl/α,β-unsaturated/α-hetero) is 1. The zero-order valence-corrected chi connectivity index (χ0v) is 30.6. The molecule has 3 aliphatic rings. The average molecular weight is 739 g/mol. The summed E-state index contributed by atoms with van der Waals surface area (Å²) in [6.07, 6.45) is 3.00. The number of aromatic nitrogens is 2. The number of imidazole rings is 1. The monoisotopic (exact) mass is 738 g/mol. The first-order valence-corrected chi connectivity index (χ1v) is 18.8. The molecule has 1 saturated carbocycles. The summed E-state index contributed by atoms with van der Waals surface area (Å²) < 4.78 is 4.79.